The molecule has 1 unspecified atom stereocenters. The van der Waals surface area contributed by atoms with Gasteiger partial charge in [0.1, 0.15) is 6.79 Å². The second-order valence-corrected chi connectivity index (χ2v) is 3.82. The molecular weight excluding hydrogens is 212 g/mol. The summed E-state index contributed by atoms with van der Waals surface area (Å²) >= 11 is 0. The maximum atomic E-state index is 10.1. The van der Waals surface area contributed by atoms with Crippen molar-refractivity contribution in [2.75, 3.05) is 27.6 Å². The first kappa shape index (κ1) is 13.4. The second-order valence-electron chi connectivity index (χ2n) is 3.82. The van der Waals surface area contributed by atoms with Gasteiger partial charge in [0.25, 0.3) is 5.79 Å². The van der Waals surface area contributed by atoms with Gasteiger partial charge in [-0.15, -0.1) is 6.42 Å². The van der Waals surface area contributed by atoms with Crippen LogP contribution in [0.1, 0.15) is 6.92 Å². The van der Waals surface area contributed by atoms with Gasteiger partial charge in [0, 0.05) is 20.1 Å². The number of hydrogen-bond acceptors (Lipinski definition) is 5. The molecule has 1 heterocycles. The minimum Gasteiger partial charge on any atom is -0.378 e. The summed E-state index contributed by atoms with van der Waals surface area (Å²) < 4.78 is 20.7. The number of aliphatic hydroxyl groups is 1. The lowest BCUT2D eigenvalue weighted by Gasteiger charge is -2.42. The summed E-state index contributed by atoms with van der Waals surface area (Å²) in [7, 11) is 3.04. The Balaban J connectivity index is 2.83. The van der Waals surface area contributed by atoms with Gasteiger partial charge in [0.2, 0.25) is 0 Å². The van der Waals surface area contributed by atoms with Gasteiger partial charge < -0.3 is 24.1 Å². The smallest absolute Gasteiger partial charge is 0.260 e. The lowest BCUT2D eigenvalue weighted by atomic mass is 9.91. The minimum absolute atomic E-state index is 0.0184. The fourth-order valence-electron chi connectivity index (χ4n) is 1.79. The highest BCUT2D eigenvalue weighted by molar-refractivity contribution is 5.10. The van der Waals surface area contributed by atoms with Gasteiger partial charge >= 0.3 is 0 Å². The predicted molar refractivity (Wildman–Crippen MR) is 56.4 cm³/mol. The van der Waals surface area contributed by atoms with Crippen molar-refractivity contribution in [2.24, 2.45) is 5.92 Å². The van der Waals surface area contributed by atoms with E-state index >= 15 is 0 Å². The van der Waals surface area contributed by atoms with E-state index in [0.717, 1.165) is 0 Å². The molecule has 0 aromatic rings. The van der Waals surface area contributed by atoms with E-state index in [1.807, 2.05) is 6.92 Å². The Morgan fingerprint density at radius 1 is 1.56 bits per heavy atom. The number of hydrogen-bond donors (Lipinski definition) is 1. The lowest BCUT2D eigenvalue weighted by molar-refractivity contribution is -0.307. The Morgan fingerprint density at radius 3 is 2.75 bits per heavy atom. The molecular formula is C11H18O5. The van der Waals surface area contributed by atoms with Crippen LogP contribution in [0.3, 0.4) is 0 Å². The van der Waals surface area contributed by atoms with Crippen LogP contribution >= 0.6 is 0 Å². The van der Waals surface area contributed by atoms with Crippen LogP contribution in [0.2, 0.25) is 0 Å². The summed E-state index contributed by atoms with van der Waals surface area (Å²) in [5.41, 5.74) is 0. The van der Waals surface area contributed by atoms with Crippen LogP contribution < -0.4 is 0 Å². The minimum atomic E-state index is -1.76. The van der Waals surface area contributed by atoms with Crippen molar-refractivity contribution in [1.29, 1.82) is 0 Å². The lowest BCUT2D eigenvalue weighted by Crippen LogP contribution is -2.59. The third kappa shape index (κ3) is 2.54. The van der Waals surface area contributed by atoms with E-state index in [0.29, 0.717) is 6.61 Å². The first-order chi connectivity index (χ1) is 7.59. The molecule has 1 rings (SSSR count). The summed E-state index contributed by atoms with van der Waals surface area (Å²) in [5, 5.41) is 10.1. The highest BCUT2D eigenvalue weighted by atomic mass is 16.7. The highest BCUT2D eigenvalue weighted by Gasteiger charge is 2.49. The molecule has 0 spiro atoms. The van der Waals surface area contributed by atoms with E-state index < -0.39 is 11.9 Å². The Hall–Kier alpha value is -0.640. The summed E-state index contributed by atoms with van der Waals surface area (Å²) in [4.78, 5) is 0. The molecule has 0 amide bonds. The van der Waals surface area contributed by atoms with Crippen molar-refractivity contribution >= 4 is 0 Å². The topological polar surface area (TPSA) is 57.2 Å². The van der Waals surface area contributed by atoms with E-state index in [1.165, 1.54) is 7.11 Å². The van der Waals surface area contributed by atoms with E-state index in [-0.39, 0.29) is 18.8 Å². The standard InChI is InChI=1S/C11H18O5/c1-5-11(12)10(15-7-13-3)9(14-4)8(2)6-16-11/h1,8-10,12H,6-7H2,2-4H3/t8-,9-,10+,11?/m0/s1. The Kier molecular flexibility index (Phi) is 4.71. The van der Waals surface area contributed by atoms with Crippen LogP contribution in [0.5, 0.6) is 0 Å². The molecule has 92 valence electrons. The maximum absolute atomic E-state index is 10.1. The summed E-state index contributed by atoms with van der Waals surface area (Å²) in [6.45, 7) is 2.28. The van der Waals surface area contributed by atoms with Crippen LogP contribution in [0.15, 0.2) is 0 Å². The number of terminal acetylenes is 1. The van der Waals surface area contributed by atoms with Crippen LogP contribution in [-0.4, -0.2) is 50.7 Å². The van der Waals surface area contributed by atoms with Crippen molar-refractivity contribution in [3.63, 3.8) is 0 Å². The molecule has 1 N–H and O–H groups in total. The zero-order chi connectivity index (χ0) is 12.2. The van der Waals surface area contributed by atoms with Crippen molar-refractivity contribution in [1.82, 2.24) is 0 Å². The van der Waals surface area contributed by atoms with E-state index in [9.17, 15) is 5.11 Å². The first-order valence-corrected chi connectivity index (χ1v) is 5.06. The van der Waals surface area contributed by atoms with Gasteiger partial charge in [-0.2, -0.15) is 0 Å². The van der Waals surface area contributed by atoms with Crippen LogP contribution in [0, 0.1) is 18.3 Å². The molecule has 0 aromatic carbocycles. The predicted octanol–water partition coefficient (Wildman–Crippen LogP) is -0.0214. The summed E-state index contributed by atoms with van der Waals surface area (Å²) in [6.07, 6.45) is 4.17. The van der Waals surface area contributed by atoms with Crippen molar-refractivity contribution in [2.45, 2.75) is 24.9 Å². The van der Waals surface area contributed by atoms with Crippen LogP contribution in [-0.2, 0) is 18.9 Å². The normalized spacial score (nSPS) is 39.3. The third-order valence-corrected chi connectivity index (χ3v) is 2.66. The summed E-state index contributed by atoms with van der Waals surface area (Å²) in [5.74, 6) is 0.522. The third-order valence-electron chi connectivity index (χ3n) is 2.66. The van der Waals surface area contributed by atoms with Crippen molar-refractivity contribution in [3.05, 3.63) is 0 Å². The molecule has 0 radical (unpaired) electrons. The van der Waals surface area contributed by atoms with E-state index in [4.69, 9.17) is 25.4 Å². The van der Waals surface area contributed by atoms with Crippen molar-refractivity contribution < 1.29 is 24.1 Å². The molecule has 4 atom stereocenters. The Labute approximate surface area is 95.6 Å². The van der Waals surface area contributed by atoms with Gasteiger partial charge in [-0.25, -0.2) is 0 Å². The molecule has 1 saturated heterocycles. The molecule has 5 heteroatoms. The van der Waals surface area contributed by atoms with Crippen molar-refractivity contribution in [3.8, 4) is 12.3 Å². The molecule has 0 aliphatic carbocycles. The van der Waals surface area contributed by atoms with Crippen LogP contribution in [0.25, 0.3) is 0 Å². The van der Waals surface area contributed by atoms with Gasteiger partial charge in [0.15, 0.2) is 6.10 Å². The molecule has 0 bridgehead atoms. The average Bonchev–Trinajstić information content (AvgIpc) is 2.30. The largest absolute Gasteiger partial charge is 0.378 e. The monoisotopic (exact) mass is 230 g/mol. The first-order valence-electron chi connectivity index (χ1n) is 5.06. The van der Waals surface area contributed by atoms with E-state index in [1.54, 1.807) is 7.11 Å². The van der Waals surface area contributed by atoms with Gasteiger partial charge in [-0.05, 0) is 5.92 Å². The average molecular weight is 230 g/mol. The molecule has 0 saturated carbocycles. The number of methoxy groups -OCH3 is 2. The van der Waals surface area contributed by atoms with Gasteiger partial charge in [-0.3, -0.25) is 0 Å². The van der Waals surface area contributed by atoms with Gasteiger partial charge in [-0.1, -0.05) is 6.92 Å². The fraction of sp³-hybridized carbons (Fsp3) is 0.818. The van der Waals surface area contributed by atoms with Gasteiger partial charge in [0.05, 0.1) is 12.7 Å². The Bertz CT molecular complexity index is 262. The maximum Gasteiger partial charge on any atom is 0.260 e. The van der Waals surface area contributed by atoms with Crippen LogP contribution in [0.4, 0.5) is 0 Å². The summed E-state index contributed by atoms with van der Waals surface area (Å²) in [6, 6.07) is 0. The molecule has 1 fully saturated rings. The highest BCUT2D eigenvalue weighted by Crippen LogP contribution is 2.30. The molecule has 5 nitrogen and oxygen atoms in total. The second kappa shape index (κ2) is 5.62. The van der Waals surface area contributed by atoms with E-state index in [2.05, 4.69) is 5.92 Å². The zero-order valence-corrected chi connectivity index (χ0v) is 9.80. The molecule has 16 heavy (non-hydrogen) atoms. The number of ether oxygens (including phenoxy) is 4. The SMILES string of the molecule is C#CC1(O)OC[C@H](C)[C@H](OC)[C@H]1OCOC. The zero-order valence-electron chi connectivity index (χ0n) is 9.80. The Morgan fingerprint density at radius 2 is 2.25 bits per heavy atom. The molecule has 1 aliphatic rings. The number of rotatable bonds is 4. The quantitative estimate of drug-likeness (QED) is 0.543. The fourth-order valence-corrected chi connectivity index (χ4v) is 1.79. The molecule has 1 aliphatic heterocycles. The molecule has 0 aromatic heterocycles.